The number of nitrogens with zero attached hydrogens (tertiary/aromatic N) is 4. The van der Waals surface area contributed by atoms with Crippen LogP contribution in [0.3, 0.4) is 0 Å². The Hall–Kier alpha value is -3.03. The molecule has 0 spiro atoms. The number of anilines is 1. The van der Waals surface area contributed by atoms with Gasteiger partial charge in [-0.1, -0.05) is 0 Å². The first kappa shape index (κ1) is 17.8. The van der Waals surface area contributed by atoms with E-state index in [4.69, 9.17) is 4.74 Å². The topological polar surface area (TPSA) is 79.7 Å². The van der Waals surface area contributed by atoms with Crippen LogP contribution >= 0.6 is 0 Å². The molecule has 3 amide bonds. The second-order valence-corrected chi connectivity index (χ2v) is 6.15. The summed E-state index contributed by atoms with van der Waals surface area (Å²) in [5, 5.41) is 2.76. The summed E-state index contributed by atoms with van der Waals surface area (Å²) in [6.07, 6.45) is 6.23. The third kappa shape index (κ3) is 3.79. The Morgan fingerprint density at radius 1 is 1.42 bits per heavy atom. The molecule has 1 aromatic heterocycles. The predicted molar refractivity (Wildman–Crippen MR) is 97.5 cm³/mol. The summed E-state index contributed by atoms with van der Waals surface area (Å²) < 4.78 is 7.33. The molecule has 0 bridgehead atoms. The zero-order valence-electron chi connectivity index (χ0n) is 15.0. The lowest BCUT2D eigenvalue weighted by Crippen LogP contribution is -2.30. The Kier molecular flexibility index (Phi) is 5.40. The van der Waals surface area contributed by atoms with Crippen LogP contribution in [0.1, 0.15) is 16.8 Å². The minimum Gasteiger partial charge on any atom is -0.495 e. The van der Waals surface area contributed by atoms with Crippen LogP contribution in [0.5, 0.6) is 5.75 Å². The fraction of sp³-hybridized carbons (Fsp3) is 0.389. The van der Waals surface area contributed by atoms with E-state index >= 15 is 0 Å². The van der Waals surface area contributed by atoms with Crippen LogP contribution < -0.4 is 15.0 Å². The van der Waals surface area contributed by atoms with E-state index in [0.29, 0.717) is 36.6 Å². The van der Waals surface area contributed by atoms with Gasteiger partial charge in [-0.2, -0.15) is 0 Å². The lowest BCUT2D eigenvalue weighted by atomic mass is 10.1. The summed E-state index contributed by atoms with van der Waals surface area (Å²) >= 11 is 0. The Bertz CT molecular complexity index is 775. The standard InChI is InChI=1S/C18H23N5O3/c1-21(8-3-9-22-10-6-19-13-22)17(24)14-4-5-16(26-2)15(12-14)23-11-7-20-18(23)25/h4-6,10,12-13H,3,7-9,11H2,1-2H3,(H,20,25). The van der Waals surface area contributed by atoms with E-state index in [1.165, 1.54) is 0 Å². The molecule has 0 saturated carbocycles. The second-order valence-electron chi connectivity index (χ2n) is 6.15. The number of urea groups is 1. The van der Waals surface area contributed by atoms with E-state index in [1.807, 2.05) is 10.8 Å². The molecule has 1 N–H and O–H groups in total. The number of benzene rings is 1. The van der Waals surface area contributed by atoms with Crippen LogP contribution in [0.25, 0.3) is 0 Å². The maximum absolute atomic E-state index is 12.7. The molecule has 0 unspecified atom stereocenters. The molecule has 8 heteroatoms. The van der Waals surface area contributed by atoms with Crippen LogP contribution in [-0.2, 0) is 6.54 Å². The van der Waals surface area contributed by atoms with Crippen LogP contribution in [-0.4, -0.2) is 60.2 Å². The number of aryl methyl sites for hydroxylation is 1. The van der Waals surface area contributed by atoms with E-state index < -0.39 is 0 Å². The maximum Gasteiger partial charge on any atom is 0.322 e. The van der Waals surface area contributed by atoms with Crippen molar-refractivity contribution in [2.75, 3.05) is 38.7 Å². The third-order valence-corrected chi connectivity index (χ3v) is 4.39. The number of methoxy groups -OCH3 is 1. The lowest BCUT2D eigenvalue weighted by Gasteiger charge is -2.21. The zero-order valence-corrected chi connectivity index (χ0v) is 15.0. The molecule has 0 atom stereocenters. The average molecular weight is 357 g/mol. The second kappa shape index (κ2) is 7.90. The van der Waals surface area contributed by atoms with Crippen molar-refractivity contribution in [1.82, 2.24) is 19.8 Å². The minimum atomic E-state index is -0.179. The van der Waals surface area contributed by atoms with Gasteiger partial charge in [-0.3, -0.25) is 9.69 Å². The summed E-state index contributed by atoms with van der Waals surface area (Å²) in [7, 11) is 3.33. The monoisotopic (exact) mass is 357 g/mol. The van der Waals surface area contributed by atoms with E-state index in [-0.39, 0.29) is 11.9 Å². The molecule has 1 aliphatic heterocycles. The van der Waals surface area contributed by atoms with Gasteiger partial charge in [-0.25, -0.2) is 9.78 Å². The van der Waals surface area contributed by atoms with Crippen molar-refractivity contribution in [3.8, 4) is 5.75 Å². The molecule has 1 aliphatic rings. The van der Waals surface area contributed by atoms with Crippen molar-refractivity contribution < 1.29 is 14.3 Å². The van der Waals surface area contributed by atoms with Gasteiger partial charge in [-0.15, -0.1) is 0 Å². The molecule has 138 valence electrons. The van der Waals surface area contributed by atoms with E-state index in [0.717, 1.165) is 13.0 Å². The van der Waals surface area contributed by atoms with Gasteiger partial charge < -0.3 is 19.5 Å². The first-order chi connectivity index (χ1) is 12.6. The number of nitrogens with one attached hydrogen (secondary N) is 1. The first-order valence-corrected chi connectivity index (χ1v) is 8.55. The highest BCUT2D eigenvalue weighted by atomic mass is 16.5. The van der Waals surface area contributed by atoms with Crippen molar-refractivity contribution in [1.29, 1.82) is 0 Å². The number of hydrogen-bond acceptors (Lipinski definition) is 4. The van der Waals surface area contributed by atoms with E-state index in [1.54, 1.807) is 54.7 Å². The number of amides is 3. The van der Waals surface area contributed by atoms with Gasteiger partial charge in [0.05, 0.1) is 19.1 Å². The highest BCUT2D eigenvalue weighted by Gasteiger charge is 2.25. The number of aromatic nitrogens is 2. The average Bonchev–Trinajstić information content (AvgIpc) is 3.32. The molecular weight excluding hydrogens is 334 g/mol. The van der Waals surface area contributed by atoms with Crippen molar-refractivity contribution in [3.63, 3.8) is 0 Å². The normalized spacial score (nSPS) is 13.6. The van der Waals surface area contributed by atoms with Gasteiger partial charge in [-0.05, 0) is 24.6 Å². The first-order valence-electron chi connectivity index (χ1n) is 8.55. The van der Waals surface area contributed by atoms with Crippen molar-refractivity contribution in [2.24, 2.45) is 0 Å². The molecule has 0 radical (unpaired) electrons. The Morgan fingerprint density at radius 2 is 2.27 bits per heavy atom. The number of ether oxygens (including phenoxy) is 1. The Morgan fingerprint density at radius 3 is 2.92 bits per heavy atom. The van der Waals surface area contributed by atoms with Gasteiger partial charge >= 0.3 is 6.03 Å². The SMILES string of the molecule is COc1ccc(C(=O)N(C)CCCn2ccnc2)cc1N1CCNC1=O. The molecule has 1 aromatic carbocycles. The number of hydrogen-bond donors (Lipinski definition) is 1. The minimum absolute atomic E-state index is 0.0841. The third-order valence-electron chi connectivity index (χ3n) is 4.39. The Balaban J connectivity index is 1.69. The van der Waals surface area contributed by atoms with Gasteiger partial charge in [0.15, 0.2) is 0 Å². The predicted octanol–water partition coefficient (Wildman–Crippen LogP) is 1.58. The van der Waals surface area contributed by atoms with Crippen molar-refractivity contribution in [2.45, 2.75) is 13.0 Å². The summed E-state index contributed by atoms with van der Waals surface area (Å²) in [5.41, 5.74) is 1.14. The van der Waals surface area contributed by atoms with Crippen LogP contribution in [0.4, 0.5) is 10.5 Å². The molecule has 3 rings (SSSR count). The van der Waals surface area contributed by atoms with Crippen LogP contribution in [0, 0.1) is 0 Å². The van der Waals surface area contributed by atoms with E-state index in [9.17, 15) is 9.59 Å². The smallest absolute Gasteiger partial charge is 0.322 e. The Labute approximate surface area is 152 Å². The summed E-state index contributed by atoms with van der Waals surface area (Å²) in [6, 6.07) is 5.00. The highest BCUT2D eigenvalue weighted by Crippen LogP contribution is 2.30. The summed E-state index contributed by atoms with van der Waals surface area (Å²) in [4.78, 5) is 32.0. The number of imidazole rings is 1. The fourth-order valence-electron chi connectivity index (χ4n) is 2.97. The number of carbonyl (C=O) groups excluding carboxylic acids is 2. The van der Waals surface area contributed by atoms with Crippen LogP contribution in [0.15, 0.2) is 36.9 Å². The molecule has 1 fully saturated rings. The van der Waals surface area contributed by atoms with Gasteiger partial charge in [0.25, 0.3) is 5.91 Å². The molecular formula is C18H23N5O3. The number of carbonyl (C=O) groups is 2. The molecule has 0 aliphatic carbocycles. The zero-order chi connectivity index (χ0) is 18.5. The summed E-state index contributed by atoms with van der Waals surface area (Å²) in [6.45, 7) is 2.56. The quantitative estimate of drug-likeness (QED) is 0.816. The summed E-state index contributed by atoms with van der Waals surface area (Å²) in [5.74, 6) is 0.487. The van der Waals surface area contributed by atoms with Crippen LogP contribution in [0.2, 0.25) is 0 Å². The maximum atomic E-state index is 12.7. The number of rotatable bonds is 7. The van der Waals surface area contributed by atoms with Crippen molar-refractivity contribution >= 4 is 17.6 Å². The largest absolute Gasteiger partial charge is 0.495 e. The molecule has 26 heavy (non-hydrogen) atoms. The van der Waals surface area contributed by atoms with E-state index in [2.05, 4.69) is 10.3 Å². The molecule has 1 saturated heterocycles. The molecule has 2 aromatic rings. The lowest BCUT2D eigenvalue weighted by molar-refractivity contribution is 0.0792. The van der Waals surface area contributed by atoms with Gasteiger partial charge in [0.1, 0.15) is 5.75 Å². The van der Waals surface area contributed by atoms with Gasteiger partial charge in [0, 0.05) is 51.2 Å². The van der Waals surface area contributed by atoms with Gasteiger partial charge in [0.2, 0.25) is 0 Å². The van der Waals surface area contributed by atoms with Crippen molar-refractivity contribution in [3.05, 3.63) is 42.5 Å². The fourth-order valence-corrected chi connectivity index (χ4v) is 2.97. The molecule has 8 nitrogen and oxygen atoms in total. The molecule has 2 heterocycles. The highest BCUT2D eigenvalue weighted by molar-refractivity contribution is 5.99.